The van der Waals surface area contributed by atoms with E-state index in [1.165, 1.54) is 0 Å². The molecule has 6 heteroatoms. The number of hydrogen-bond acceptors (Lipinski definition) is 6. The highest BCUT2D eigenvalue weighted by molar-refractivity contribution is 5.50. The van der Waals surface area contributed by atoms with Gasteiger partial charge in [-0.25, -0.2) is 9.97 Å². The number of nitriles is 1. The molecule has 0 amide bonds. The van der Waals surface area contributed by atoms with Gasteiger partial charge in [0.25, 0.3) is 0 Å². The Labute approximate surface area is 153 Å². The molecule has 1 aromatic heterocycles. The van der Waals surface area contributed by atoms with Gasteiger partial charge in [-0.2, -0.15) is 5.26 Å². The molecule has 1 N–H and O–H groups in total. The first kappa shape index (κ1) is 17.0. The molecule has 0 unspecified atom stereocenters. The number of likely N-dealkylation sites (tertiary alicyclic amines) is 1. The molecule has 2 fully saturated rings. The van der Waals surface area contributed by atoms with Gasteiger partial charge in [0.2, 0.25) is 0 Å². The Bertz CT molecular complexity index is 799. The molecule has 2 aliphatic heterocycles. The number of aliphatic hydroxyl groups is 1. The molecule has 2 aromatic rings. The van der Waals surface area contributed by atoms with E-state index in [9.17, 15) is 10.4 Å². The maximum Gasteiger partial charge on any atom is 0.183 e. The minimum absolute atomic E-state index is 0.0327. The summed E-state index contributed by atoms with van der Waals surface area (Å²) in [4.78, 5) is 13.0. The molecule has 134 valence electrons. The van der Waals surface area contributed by atoms with Crippen molar-refractivity contribution in [3.63, 3.8) is 0 Å². The molecule has 0 saturated carbocycles. The van der Waals surface area contributed by atoms with Crippen molar-refractivity contribution in [1.29, 1.82) is 5.26 Å². The van der Waals surface area contributed by atoms with Crippen LogP contribution in [-0.4, -0.2) is 52.2 Å². The summed E-state index contributed by atoms with van der Waals surface area (Å²) in [7, 11) is 0. The predicted molar refractivity (Wildman–Crippen MR) is 98.5 cm³/mol. The molecule has 26 heavy (non-hydrogen) atoms. The standard InChI is InChI=1S/C20H23N5O/c21-14-17-19(23-10-9-22-17)25-13-8-20(26,16-6-2-1-3-7-16)18(15-25)24-11-4-5-12-24/h1-3,6-7,9-10,18,26H,4-5,8,11-13,15H2/t18-,20+/m1/s1. The van der Waals surface area contributed by atoms with Crippen molar-refractivity contribution in [3.05, 3.63) is 54.0 Å². The minimum Gasteiger partial charge on any atom is -0.383 e. The molecular formula is C20H23N5O. The fraction of sp³-hybridized carbons (Fsp3) is 0.450. The summed E-state index contributed by atoms with van der Waals surface area (Å²) in [6, 6.07) is 12.1. The van der Waals surface area contributed by atoms with Gasteiger partial charge < -0.3 is 10.0 Å². The smallest absolute Gasteiger partial charge is 0.183 e. The first-order valence-electron chi connectivity index (χ1n) is 9.20. The molecule has 2 aliphatic rings. The predicted octanol–water partition coefficient (Wildman–Crippen LogP) is 1.91. The number of rotatable bonds is 3. The summed E-state index contributed by atoms with van der Waals surface area (Å²) in [5.74, 6) is 0.620. The molecule has 1 aromatic carbocycles. The number of piperidine rings is 1. The van der Waals surface area contributed by atoms with E-state index in [2.05, 4.69) is 25.8 Å². The monoisotopic (exact) mass is 349 g/mol. The van der Waals surface area contributed by atoms with Crippen molar-refractivity contribution in [2.24, 2.45) is 0 Å². The average molecular weight is 349 g/mol. The van der Waals surface area contributed by atoms with E-state index >= 15 is 0 Å². The van der Waals surface area contributed by atoms with Gasteiger partial charge in [0.15, 0.2) is 11.5 Å². The van der Waals surface area contributed by atoms with Gasteiger partial charge in [-0.05, 0) is 37.9 Å². The van der Waals surface area contributed by atoms with E-state index in [0.29, 0.717) is 31.0 Å². The number of anilines is 1. The Balaban J connectivity index is 1.68. The Kier molecular flexibility index (Phi) is 4.58. The van der Waals surface area contributed by atoms with E-state index in [-0.39, 0.29) is 6.04 Å². The normalized spacial score (nSPS) is 26.6. The fourth-order valence-electron chi connectivity index (χ4n) is 4.29. The second kappa shape index (κ2) is 7.02. The van der Waals surface area contributed by atoms with Crippen molar-refractivity contribution in [2.75, 3.05) is 31.1 Å². The molecule has 6 nitrogen and oxygen atoms in total. The molecular weight excluding hydrogens is 326 g/mol. The maximum atomic E-state index is 11.7. The Morgan fingerprint density at radius 1 is 1.08 bits per heavy atom. The van der Waals surface area contributed by atoms with Crippen LogP contribution >= 0.6 is 0 Å². The van der Waals surface area contributed by atoms with E-state index in [1.807, 2.05) is 30.3 Å². The fourth-order valence-corrected chi connectivity index (χ4v) is 4.29. The third kappa shape index (κ3) is 2.94. The van der Waals surface area contributed by atoms with Gasteiger partial charge in [0, 0.05) is 25.5 Å². The number of benzene rings is 1. The largest absolute Gasteiger partial charge is 0.383 e. The van der Waals surface area contributed by atoms with Gasteiger partial charge in [-0.1, -0.05) is 30.3 Å². The zero-order chi connectivity index (χ0) is 18.0. The number of aromatic nitrogens is 2. The van der Waals surface area contributed by atoms with Gasteiger partial charge in [0.1, 0.15) is 11.7 Å². The summed E-state index contributed by atoms with van der Waals surface area (Å²) in [5, 5.41) is 21.1. The Morgan fingerprint density at radius 3 is 2.54 bits per heavy atom. The van der Waals surface area contributed by atoms with Crippen LogP contribution in [0.15, 0.2) is 42.7 Å². The van der Waals surface area contributed by atoms with E-state index in [4.69, 9.17) is 0 Å². The second-order valence-corrected chi connectivity index (χ2v) is 7.09. The van der Waals surface area contributed by atoms with Crippen molar-refractivity contribution >= 4 is 5.82 Å². The highest BCUT2D eigenvalue weighted by atomic mass is 16.3. The van der Waals surface area contributed by atoms with Crippen LogP contribution in [0.4, 0.5) is 5.82 Å². The summed E-state index contributed by atoms with van der Waals surface area (Å²) >= 11 is 0. The molecule has 2 atom stereocenters. The molecule has 0 bridgehead atoms. The van der Waals surface area contributed by atoms with Crippen LogP contribution in [0.2, 0.25) is 0 Å². The van der Waals surface area contributed by atoms with Crippen LogP contribution in [0, 0.1) is 11.3 Å². The van der Waals surface area contributed by atoms with Crippen LogP contribution in [-0.2, 0) is 5.60 Å². The lowest BCUT2D eigenvalue weighted by Gasteiger charge is -2.48. The van der Waals surface area contributed by atoms with Crippen LogP contribution in [0.3, 0.4) is 0 Å². The molecule has 0 aliphatic carbocycles. The SMILES string of the molecule is N#Cc1nccnc1N1CC[C@](O)(c2ccccc2)[C@H](N2CCCC2)C1. The molecule has 0 radical (unpaired) electrons. The number of nitrogens with zero attached hydrogens (tertiary/aromatic N) is 5. The number of hydrogen-bond donors (Lipinski definition) is 1. The molecule has 3 heterocycles. The van der Waals surface area contributed by atoms with Crippen LogP contribution in [0.25, 0.3) is 0 Å². The zero-order valence-corrected chi connectivity index (χ0v) is 14.8. The lowest BCUT2D eigenvalue weighted by atomic mass is 9.79. The van der Waals surface area contributed by atoms with Gasteiger partial charge in [0.05, 0.1) is 6.04 Å². The lowest BCUT2D eigenvalue weighted by molar-refractivity contribution is -0.0603. The van der Waals surface area contributed by atoms with Crippen molar-refractivity contribution in [1.82, 2.24) is 14.9 Å². The Morgan fingerprint density at radius 2 is 1.81 bits per heavy atom. The van der Waals surface area contributed by atoms with Crippen molar-refractivity contribution in [2.45, 2.75) is 30.9 Å². The van der Waals surface area contributed by atoms with Crippen LogP contribution in [0.5, 0.6) is 0 Å². The quantitative estimate of drug-likeness (QED) is 0.912. The van der Waals surface area contributed by atoms with Gasteiger partial charge in [-0.15, -0.1) is 0 Å². The average Bonchev–Trinajstić information content (AvgIpc) is 3.23. The van der Waals surface area contributed by atoms with Crippen molar-refractivity contribution in [3.8, 4) is 6.07 Å². The summed E-state index contributed by atoms with van der Waals surface area (Å²) in [6.45, 7) is 3.28. The van der Waals surface area contributed by atoms with E-state index in [1.54, 1.807) is 12.4 Å². The Hall–Kier alpha value is -2.49. The zero-order valence-electron chi connectivity index (χ0n) is 14.8. The summed E-state index contributed by atoms with van der Waals surface area (Å²) in [6.07, 6.45) is 6.09. The summed E-state index contributed by atoms with van der Waals surface area (Å²) in [5.41, 5.74) is 0.422. The van der Waals surface area contributed by atoms with E-state index in [0.717, 1.165) is 31.5 Å². The van der Waals surface area contributed by atoms with Gasteiger partial charge in [-0.3, -0.25) is 4.90 Å². The maximum absolute atomic E-state index is 11.7. The topological polar surface area (TPSA) is 76.3 Å². The van der Waals surface area contributed by atoms with Crippen LogP contribution in [0.1, 0.15) is 30.5 Å². The third-order valence-electron chi connectivity index (χ3n) is 5.65. The first-order valence-corrected chi connectivity index (χ1v) is 9.20. The molecule has 2 saturated heterocycles. The highest BCUT2D eigenvalue weighted by Gasteiger charge is 2.46. The van der Waals surface area contributed by atoms with Crippen molar-refractivity contribution < 1.29 is 5.11 Å². The van der Waals surface area contributed by atoms with Gasteiger partial charge >= 0.3 is 0 Å². The summed E-state index contributed by atoms with van der Waals surface area (Å²) < 4.78 is 0. The lowest BCUT2D eigenvalue weighted by Crippen LogP contribution is -2.60. The minimum atomic E-state index is -0.892. The first-order chi connectivity index (χ1) is 12.7. The molecule has 4 rings (SSSR count). The highest BCUT2D eigenvalue weighted by Crippen LogP contribution is 2.38. The van der Waals surface area contributed by atoms with Crippen LogP contribution < -0.4 is 4.90 Å². The second-order valence-electron chi connectivity index (χ2n) is 7.09. The third-order valence-corrected chi connectivity index (χ3v) is 5.65. The van der Waals surface area contributed by atoms with E-state index < -0.39 is 5.60 Å². The molecule has 0 spiro atoms.